The average molecular weight is 498 g/mol. The first-order valence-corrected chi connectivity index (χ1v) is 10.5. The van der Waals surface area contributed by atoms with E-state index >= 15 is 0 Å². The predicted octanol–water partition coefficient (Wildman–Crippen LogP) is 2.44. The van der Waals surface area contributed by atoms with Gasteiger partial charge in [0.15, 0.2) is 4.34 Å². The Morgan fingerprint density at radius 3 is 2.48 bits per heavy atom. The fourth-order valence-electron chi connectivity index (χ4n) is 1.57. The van der Waals surface area contributed by atoms with Crippen molar-refractivity contribution in [3.8, 4) is 5.69 Å². The molecule has 0 aliphatic rings. The second-order valence-electron chi connectivity index (χ2n) is 4.06. The van der Waals surface area contributed by atoms with Crippen molar-refractivity contribution in [3.63, 3.8) is 0 Å². The van der Waals surface area contributed by atoms with Gasteiger partial charge in [0.1, 0.15) is 8.39 Å². The number of hydrogen-bond acceptors (Lipinski definition) is 8. The molecule has 3 rings (SSSR count). The summed E-state index contributed by atoms with van der Waals surface area (Å²) in [6.45, 7) is 0. The molecular weight excluding hydrogens is 492 g/mol. The van der Waals surface area contributed by atoms with E-state index in [2.05, 4.69) is 52.4 Å². The maximum atomic E-state index is 11.3. The van der Waals surface area contributed by atoms with E-state index in [0.717, 1.165) is 8.13 Å². The molecule has 23 heavy (non-hydrogen) atoms. The predicted molar refractivity (Wildman–Crippen MR) is 92.2 cm³/mol. The van der Waals surface area contributed by atoms with Gasteiger partial charge in [0.2, 0.25) is 15.2 Å². The van der Waals surface area contributed by atoms with Crippen LogP contribution in [-0.2, 0) is 10.0 Å². The summed E-state index contributed by atoms with van der Waals surface area (Å²) in [6.07, 6.45) is 0. The third-order valence-electron chi connectivity index (χ3n) is 2.56. The number of tetrazole rings is 1. The largest absolute Gasteiger partial charge is 0.238 e. The second kappa shape index (κ2) is 6.57. The van der Waals surface area contributed by atoms with Gasteiger partial charge < -0.3 is 0 Å². The Kier molecular flexibility index (Phi) is 4.85. The Balaban J connectivity index is 1.91. The van der Waals surface area contributed by atoms with Crippen molar-refractivity contribution in [2.45, 2.75) is 14.4 Å². The normalized spacial score (nSPS) is 11.8. The molecule has 0 fully saturated rings. The SMILES string of the molecule is NS(=O)(=O)c1ccc(-n2nnnc2Sc2nc(Br)c(Br)s2)cc1. The number of rotatable bonds is 4. The Morgan fingerprint density at radius 2 is 1.91 bits per heavy atom. The molecule has 120 valence electrons. The summed E-state index contributed by atoms with van der Waals surface area (Å²) in [5.41, 5.74) is 0.611. The zero-order valence-electron chi connectivity index (χ0n) is 10.9. The molecule has 0 amide bonds. The molecule has 0 radical (unpaired) electrons. The lowest BCUT2D eigenvalue weighted by Gasteiger charge is -2.04. The van der Waals surface area contributed by atoms with E-state index in [1.165, 1.54) is 39.9 Å². The number of thiazole rings is 1. The highest BCUT2D eigenvalue weighted by Crippen LogP contribution is 2.37. The molecule has 2 N–H and O–H groups in total. The summed E-state index contributed by atoms with van der Waals surface area (Å²) in [7, 11) is -3.73. The lowest BCUT2D eigenvalue weighted by atomic mass is 10.3. The first kappa shape index (κ1) is 17.0. The molecule has 0 aliphatic carbocycles. The van der Waals surface area contributed by atoms with Gasteiger partial charge in [0, 0.05) is 0 Å². The summed E-state index contributed by atoms with van der Waals surface area (Å²) in [4.78, 5) is 4.34. The average Bonchev–Trinajstić information content (AvgIpc) is 3.06. The molecule has 3 aromatic rings. The topological polar surface area (TPSA) is 117 Å². The summed E-state index contributed by atoms with van der Waals surface area (Å²) < 4.78 is 26.4. The standard InChI is InChI=1S/C10H6Br2N6O2S3/c11-7-8(12)21-10(14-7)22-9-15-16-17-18(9)5-1-3-6(4-2-5)23(13,19)20/h1-4H,(H2,13,19,20). The first-order chi connectivity index (χ1) is 10.8. The molecule has 0 unspecified atom stereocenters. The van der Waals surface area contributed by atoms with Crippen LogP contribution < -0.4 is 5.14 Å². The van der Waals surface area contributed by atoms with Crippen LogP contribution in [0.1, 0.15) is 0 Å². The van der Waals surface area contributed by atoms with Gasteiger partial charge in [-0.05, 0) is 78.3 Å². The van der Waals surface area contributed by atoms with E-state index in [0.29, 0.717) is 15.4 Å². The monoisotopic (exact) mass is 496 g/mol. The Labute approximate surface area is 155 Å². The number of sulfonamides is 1. The molecule has 0 atom stereocenters. The van der Waals surface area contributed by atoms with Gasteiger partial charge in [-0.2, -0.15) is 4.68 Å². The van der Waals surface area contributed by atoms with E-state index in [1.54, 1.807) is 12.1 Å². The molecule has 2 heterocycles. The third kappa shape index (κ3) is 3.80. The number of nitrogens with two attached hydrogens (primary N) is 1. The zero-order valence-corrected chi connectivity index (χ0v) is 16.5. The molecule has 8 nitrogen and oxygen atoms in total. The zero-order chi connectivity index (χ0) is 16.6. The van der Waals surface area contributed by atoms with Gasteiger partial charge in [0.25, 0.3) is 0 Å². The van der Waals surface area contributed by atoms with E-state index in [1.807, 2.05) is 0 Å². The van der Waals surface area contributed by atoms with E-state index in [4.69, 9.17) is 5.14 Å². The van der Waals surface area contributed by atoms with Crippen LogP contribution in [0.25, 0.3) is 5.69 Å². The van der Waals surface area contributed by atoms with Crippen LogP contribution in [0.5, 0.6) is 0 Å². The minimum atomic E-state index is -3.73. The Bertz CT molecular complexity index is 934. The van der Waals surface area contributed by atoms with Gasteiger partial charge in [-0.3, -0.25) is 0 Å². The van der Waals surface area contributed by atoms with Crippen molar-refractivity contribution in [3.05, 3.63) is 32.7 Å². The molecule has 0 bridgehead atoms. The fraction of sp³-hybridized carbons (Fsp3) is 0. The lowest BCUT2D eigenvalue weighted by Crippen LogP contribution is -2.12. The quantitative estimate of drug-likeness (QED) is 0.588. The van der Waals surface area contributed by atoms with Gasteiger partial charge in [-0.1, -0.05) is 11.3 Å². The molecule has 1 aromatic carbocycles. The molecular formula is C10H6Br2N6O2S3. The molecule has 2 aromatic heterocycles. The minimum Gasteiger partial charge on any atom is -0.225 e. The summed E-state index contributed by atoms with van der Waals surface area (Å²) in [5, 5.41) is 17.1. The molecule has 0 spiro atoms. The van der Waals surface area contributed by atoms with Crippen LogP contribution in [0.4, 0.5) is 0 Å². The summed E-state index contributed by atoms with van der Waals surface area (Å²) in [5.74, 6) is 0. The number of benzene rings is 1. The van der Waals surface area contributed by atoms with Gasteiger partial charge >= 0.3 is 0 Å². The highest BCUT2D eigenvalue weighted by Gasteiger charge is 2.15. The summed E-state index contributed by atoms with van der Waals surface area (Å²) >= 11 is 9.43. The van der Waals surface area contributed by atoms with E-state index in [-0.39, 0.29) is 4.90 Å². The number of nitrogens with zero attached hydrogens (tertiary/aromatic N) is 5. The van der Waals surface area contributed by atoms with Crippen LogP contribution in [0.2, 0.25) is 0 Å². The van der Waals surface area contributed by atoms with Crippen molar-refractivity contribution in [2.24, 2.45) is 5.14 Å². The van der Waals surface area contributed by atoms with Crippen molar-refractivity contribution in [1.29, 1.82) is 0 Å². The van der Waals surface area contributed by atoms with Crippen LogP contribution >= 0.6 is 55.0 Å². The van der Waals surface area contributed by atoms with Crippen LogP contribution in [-0.4, -0.2) is 33.6 Å². The van der Waals surface area contributed by atoms with Crippen molar-refractivity contribution < 1.29 is 8.42 Å². The van der Waals surface area contributed by atoms with E-state index in [9.17, 15) is 8.42 Å². The van der Waals surface area contributed by atoms with Crippen LogP contribution in [0.3, 0.4) is 0 Å². The number of aromatic nitrogens is 5. The lowest BCUT2D eigenvalue weighted by molar-refractivity contribution is 0.597. The molecule has 0 saturated heterocycles. The van der Waals surface area contributed by atoms with Crippen LogP contribution in [0, 0.1) is 0 Å². The molecule has 0 saturated carbocycles. The van der Waals surface area contributed by atoms with Gasteiger partial charge in [0.05, 0.1) is 10.6 Å². The third-order valence-corrected chi connectivity index (χ3v) is 7.56. The number of primary sulfonamides is 1. The van der Waals surface area contributed by atoms with Gasteiger partial charge in [-0.15, -0.1) is 5.10 Å². The van der Waals surface area contributed by atoms with Gasteiger partial charge in [-0.25, -0.2) is 18.5 Å². The van der Waals surface area contributed by atoms with Crippen molar-refractivity contribution >= 4 is 65.0 Å². The van der Waals surface area contributed by atoms with Crippen LogP contribution in [0.15, 0.2) is 47.0 Å². The minimum absolute atomic E-state index is 0.0244. The van der Waals surface area contributed by atoms with Crippen molar-refractivity contribution in [2.75, 3.05) is 0 Å². The highest BCUT2D eigenvalue weighted by molar-refractivity contribution is 9.13. The first-order valence-electron chi connectivity index (χ1n) is 5.76. The smallest absolute Gasteiger partial charge is 0.225 e. The summed E-state index contributed by atoms with van der Waals surface area (Å²) in [6, 6.07) is 5.95. The molecule has 13 heteroatoms. The molecule has 0 aliphatic heterocycles. The second-order valence-corrected chi connectivity index (χ2v) is 9.90. The van der Waals surface area contributed by atoms with E-state index < -0.39 is 10.0 Å². The number of hydrogen-bond donors (Lipinski definition) is 1. The van der Waals surface area contributed by atoms with Crippen molar-refractivity contribution in [1.82, 2.24) is 25.2 Å². The Hall–Kier alpha value is -0.860. The maximum absolute atomic E-state index is 11.3. The fourth-order valence-corrected chi connectivity index (χ4v) is 5.27. The maximum Gasteiger partial charge on any atom is 0.238 e. The Morgan fingerprint density at radius 1 is 1.22 bits per heavy atom. The highest BCUT2D eigenvalue weighted by atomic mass is 79.9. The number of halogens is 2.